The highest BCUT2D eigenvalue weighted by Gasteiger charge is 2.45. The van der Waals surface area contributed by atoms with E-state index >= 15 is 0 Å². The normalized spacial score (nSPS) is 18.2. The van der Waals surface area contributed by atoms with Crippen molar-refractivity contribution in [3.63, 3.8) is 0 Å². The number of ether oxygens (including phenoxy) is 1. The summed E-state index contributed by atoms with van der Waals surface area (Å²) < 4.78 is 31.8. The minimum atomic E-state index is -1.07. The van der Waals surface area contributed by atoms with Crippen LogP contribution in [-0.4, -0.2) is 23.6 Å². The maximum Gasteiger partial charge on any atom is 0.341 e. The van der Waals surface area contributed by atoms with Crippen LogP contribution in [0.3, 0.4) is 0 Å². The summed E-state index contributed by atoms with van der Waals surface area (Å²) in [7, 11) is 0. The quantitative estimate of drug-likeness (QED) is 0.795. The Morgan fingerprint density at radius 2 is 2.00 bits per heavy atom. The standard InChI is InChI=1S/C19H17F2NO4/c20-12-4-5-14(17(21)7-12)15-8-16(15)19(25)22-9-11-2-1-3-13(6-11)26-10-18(23)24/h1-7,15-16H,8-10H2,(H,22,25)(H,23,24). The first kappa shape index (κ1) is 17.8. The Morgan fingerprint density at radius 1 is 1.19 bits per heavy atom. The molecule has 2 aromatic carbocycles. The van der Waals surface area contributed by atoms with E-state index in [0.717, 1.165) is 11.6 Å². The lowest BCUT2D eigenvalue weighted by molar-refractivity contribution is -0.139. The van der Waals surface area contributed by atoms with Crippen LogP contribution in [0.15, 0.2) is 42.5 Å². The second-order valence-electron chi connectivity index (χ2n) is 6.16. The number of carbonyl (C=O) groups excluding carboxylic acids is 1. The van der Waals surface area contributed by atoms with Gasteiger partial charge < -0.3 is 15.2 Å². The SMILES string of the molecule is O=C(O)COc1cccc(CNC(=O)C2CC2c2ccc(F)cc2F)c1. The molecular formula is C19H17F2NO4. The summed E-state index contributed by atoms with van der Waals surface area (Å²) in [6.45, 7) is -0.193. The Hall–Kier alpha value is -2.96. The molecule has 5 nitrogen and oxygen atoms in total. The maximum absolute atomic E-state index is 13.8. The van der Waals surface area contributed by atoms with Gasteiger partial charge in [-0.3, -0.25) is 4.79 Å². The summed E-state index contributed by atoms with van der Waals surface area (Å²) in [6.07, 6.45) is 0.524. The largest absolute Gasteiger partial charge is 0.482 e. The van der Waals surface area contributed by atoms with Crippen molar-refractivity contribution in [1.82, 2.24) is 5.32 Å². The Labute approximate surface area is 148 Å². The number of amides is 1. The van der Waals surface area contributed by atoms with Gasteiger partial charge in [0.25, 0.3) is 0 Å². The number of nitrogens with one attached hydrogen (secondary N) is 1. The van der Waals surface area contributed by atoms with Crippen LogP contribution >= 0.6 is 0 Å². The zero-order chi connectivity index (χ0) is 18.7. The molecule has 0 radical (unpaired) electrons. The summed E-state index contributed by atoms with van der Waals surface area (Å²) in [5.74, 6) is -2.71. The Morgan fingerprint density at radius 3 is 2.73 bits per heavy atom. The van der Waals surface area contributed by atoms with Crippen LogP contribution in [0.4, 0.5) is 8.78 Å². The first-order valence-corrected chi connectivity index (χ1v) is 8.10. The number of aliphatic carboxylic acids is 1. The van der Waals surface area contributed by atoms with Crippen molar-refractivity contribution in [2.45, 2.75) is 18.9 Å². The summed E-state index contributed by atoms with van der Waals surface area (Å²) in [5, 5.41) is 11.4. The predicted molar refractivity (Wildman–Crippen MR) is 88.6 cm³/mol. The molecule has 0 spiro atoms. The van der Waals surface area contributed by atoms with Crippen molar-refractivity contribution in [3.8, 4) is 5.75 Å². The van der Waals surface area contributed by atoms with Crippen molar-refractivity contribution in [2.75, 3.05) is 6.61 Å². The van der Waals surface area contributed by atoms with Gasteiger partial charge >= 0.3 is 5.97 Å². The highest BCUT2D eigenvalue weighted by molar-refractivity contribution is 5.82. The van der Waals surface area contributed by atoms with Crippen LogP contribution in [0, 0.1) is 17.6 Å². The number of hydrogen-bond acceptors (Lipinski definition) is 3. The Bertz CT molecular complexity index is 840. The van der Waals surface area contributed by atoms with Crippen molar-refractivity contribution in [2.24, 2.45) is 5.92 Å². The van der Waals surface area contributed by atoms with Gasteiger partial charge in [-0.05, 0) is 41.7 Å². The first-order chi connectivity index (χ1) is 12.4. The number of hydrogen-bond donors (Lipinski definition) is 2. The van der Waals surface area contributed by atoms with Gasteiger partial charge in [-0.2, -0.15) is 0 Å². The fourth-order valence-corrected chi connectivity index (χ4v) is 2.84. The molecule has 1 amide bonds. The molecule has 7 heteroatoms. The molecule has 1 aliphatic carbocycles. The van der Waals surface area contributed by atoms with E-state index in [1.54, 1.807) is 24.3 Å². The molecule has 0 saturated heterocycles. The van der Waals surface area contributed by atoms with Crippen LogP contribution in [0.1, 0.15) is 23.5 Å². The van der Waals surface area contributed by atoms with Gasteiger partial charge in [-0.15, -0.1) is 0 Å². The van der Waals surface area contributed by atoms with Crippen LogP contribution in [0.2, 0.25) is 0 Å². The summed E-state index contributed by atoms with van der Waals surface area (Å²) in [5.41, 5.74) is 1.11. The summed E-state index contributed by atoms with van der Waals surface area (Å²) >= 11 is 0. The number of rotatable bonds is 7. The molecule has 1 saturated carbocycles. The lowest BCUT2D eigenvalue weighted by Crippen LogP contribution is -2.25. The van der Waals surface area contributed by atoms with Gasteiger partial charge in [0.1, 0.15) is 17.4 Å². The molecule has 136 valence electrons. The maximum atomic E-state index is 13.8. The van der Waals surface area contributed by atoms with Crippen LogP contribution in [0.25, 0.3) is 0 Å². The third-order valence-corrected chi connectivity index (χ3v) is 4.22. The van der Waals surface area contributed by atoms with E-state index in [9.17, 15) is 18.4 Å². The molecular weight excluding hydrogens is 344 g/mol. The summed E-state index contributed by atoms with van der Waals surface area (Å²) in [4.78, 5) is 22.7. The van der Waals surface area contributed by atoms with E-state index in [1.165, 1.54) is 12.1 Å². The molecule has 2 aromatic rings. The predicted octanol–water partition coefficient (Wildman–Crippen LogP) is 2.85. The number of halogens is 2. The average molecular weight is 361 g/mol. The second-order valence-corrected chi connectivity index (χ2v) is 6.16. The van der Waals surface area contributed by atoms with E-state index in [4.69, 9.17) is 9.84 Å². The van der Waals surface area contributed by atoms with Crippen LogP contribution in [-0.2, 0) is 16.1 Å². The number of benzene rings is 2. The van der Waals surface area contributed by atoms with Crippen LogP contribution in [0.5, 0.6) is 5.75 Å². The number of carboxylic acid groups (broad SMARTS) is 1. The minimum Gasteiger partial charge on any atom is -0.482 e. The Balaban J connectivity index is 1.53. The molecule has 1 aliphatic rings. The van der Waals surface area contributed by atoms with E-state index < -0.39 is 24.2 Å². The van der Waals surface area contributed by atoms with E-state index in [2.05, 4.69) is 5.32 Å². The van der Waals surface area contributed by atoms with Crippen molar-refractivity contribution in [3.05, 3.63) is 65.2 Å². The molecule has 26 heavy (non-hydrogen) atoms. The number of carboxylic acids is 1. The minimum absolute atomic E-state index is 0.199. The average Bonchev–Trinajstić information content (AvgIpc) is 3.39. The third-order valence-electron chi connectivity index (χ3n) is 4.22. The van der Waals surface area contributed by atoms with E-state index in [1.807, 2.05) is 0 Å². The Kier molecular flexibility index (Phi) is 5.16. The fraction of sp³-hybridized carbons (Fsp3) is 0.263. The van der Waals surface area contributed by atoms with Gasteiger partial charge in [0.05, 0.1) is 0 Å². The monoisotopic (exact) mass is 361 g/mol. The third kappa shape index (κ3) is 4.36. The summed E-state index contributed by atoms with van der Waals surface area (Å²) in [6, 6.07) is 10.1. The highest BCUT2D eigenvalue weighted by atomic mass is 19.1. The zero-order valence-electron chi connectivity index (χ0n) is 13.7. The van der Waals surface area contributed by atoms with Crippen molar-refractivity contribution in [1.29, 1.82) is 0 Å². The van der Waals surface area contributed by atoms with E-state index in [-0.39, 0.29) is 24.3 Å². The molecule has 0 bridgehead atoms. The molecule has 2 atom stereocenters. The fourth-order valence-electron chi connectivity index (χ4n) is 2.84. The van der Waals surface area contributed by atoms with Gasteiger partial charge in [-0.25, -0.2) is 13.6 Å². The molecule has 2 N–H and O–H groups in total. The smallest absolute Gasteiger partial charge is 0.341 e. The van der Waals surface area contributed by atoms with Gasteiger partial charge in [-0.1, -0.05) is 18.2 Å². The van der Waals surface area contributed by atoms with Crippen LogP contribution < -0.4 is 10.1 Å². The van der Waals surface area contributed by atoms with Gasteiger partial charge in [0.2, 0.25) is 5.91 Å². The molecule has 3 rings (SSSR count). The van der Waals surface area contributed by atoms with Crippen molar-refractivity contribution < 1.29 is 28.2 Å². The first-order valence-electron chi connectivity index (χ1n) is 8.10. The topological polar surface area (TPSA) is 75.6 Å². The molecule has 0 aliphatic heterocycles. The zero-order valence-corrected chi connectivity index (χ0v) is 13.7. The van der Waals surface area contributed by atoms with Crippen molar-refractivity contribution >= 4 is 11.9 Å². The number of carbonyl (C=O) groups is 2. The second kappa shape index (κ2) is 7.51. The molecule has 1 fully saturated rings. The lowest BCUT2D eigenvalue weighted by atomic mass is 10.1. The molecule has 0 aromatic heterocycles. The van der Waals surface area contributed by atoms with Gasteiger partial charge in [0.15, 0.2) is 6.61 Å². The lowest BCUT2D eigenvalue weighted by Gasteiger charge is -2.08. The highest BCUT2D eigenvalue weighted by Crippen LogP contribution is 2.48. The molecule has 0 heterocycles. The van der Waals surface area contributed by atoms with Gasteiger partial charge in [0, 0.05) is 18.5 Å². The van der Waals surface area contributed by atoms with E-state index in [0.29, 0.717) is 17.7 Å². The molecule has 2 unspecified atom stereocenters.